The Hall–Kier alpha value is -2.99. The molecule has 0 spiro atoms. The minimum atomic E-state index is -1.12. The summed E-state index contributed by atoms with van der Waals surface area (Å²) in [6, 6.07) is 14.1. The quantitative estimate of drug-likeness (QED) is 0.775. The predicted molar refractivity (Wildman–Crippen MR) is 96.2 cm³/mol. The molecule has 134 valence electrons. The van der Waals surface area contributed by atoms with E-state index >= 15 is 0 Å². The first-order chi connectivity index (χ1) is 12.5. The molecule has 0 unspecified atom stereocenters. The molecule has 0 radical (unpaired) electrons. The number of hydrogen-bond acceptors (Lipinski definition) is 4. The molecule has 0 bridgehead atoms. The number of imide groups is 1. The Bertz CT molecular complexity index is 848. The summed E-state index contributed by atoms with van der Waals surface area (Å²) in [5.41, 5.74) is 1.66. The molecule has 2 aromatic carbocycles. The molecule has 26 heavy (non-hydrogen) atoms. The Morgan fingerprint density at radius 3 is 2.42 bits per heavy atom. The van der Waals surface area contributed by atoms with E-state index in [1.54, 1.807) is 0 Å². The SMILES string of the molecule is CN(CCCN1C(=O)c2ccc(C(=O)O)cc2C1=O)Cc1ccccc1. The second-order valence-electron chi connectivity index (χ2n) is 6.40. The Balaban J connectivity index is 1.58. The average Bonchev–Trinajstić information content (AvgIpc) is 2.87. The lowest BCUT2D eigenvalue weighted by Gasteiger charge is -2.19. The number of carbonyl (C=O) groups excluding carboxylic acids is 2. The van der Waals surface area contributed by atoms with E-state index in [2.05, 4.69) is 17.0 Å². The van der Waals surface area contributed by atoms with Crippen molar-refractivity contribution in [2.24, 2.45) is 0 Å². The van der Waals surface area contributed by atoms with E-state index in [1.165, 1.54) is 28.7 Å². The highest BCUT2D eigenvalue weighted by atomic mass is 16.4. The summed E-state index contributed by atoms with van der Waals surface area (Å²) in [6.07, 6.45) is 0.653. The molecule has 1 N–H and O–H groups in total. The molecule has 3 rings (SSSR count). The molecular weight excluding hydrogens is 332 g/mol. The number of carboxylic acids is 1. The molecule has 2 aromatic rings. The van der Waals surface area contributed by atoms with Crippen molar-refractivity contribution in [1.29, 1.82) is 0 Å². The van der Waals surface area contributed by atoms with Gasteiger partial charge in [0.25, 0.3) is 11.8 Å². The zero-order valence-corrected chi connectivity index (χ0v) is 14.5. The van der Waals surface area contributed by atoms with Gasteiger partial charge in [-0.2, -0.15) is 0 Å². The summed E-state index contributed by atoms with van der Waals surface area (Å²) in [6.45, 7) is 1.85. The zero-order chi connectivity index (χ0) is 18.7. The van der Waals surface area contributed by atoms with Crippen LogP contribution >= 0.6 is 0 Å². The summed E-state index contributed by atoms with van der Waals surface area (Å²) in [5.74, 6) is -1.89. The van der Waals surface area contributed by atoms with Crippen LogP contribution in [0.15, 0.2) is 48.5 Å². The van der Waals surface area contributed by atoms with Gasteiger partial charge in [-0.25, -0.2) is 4.79 Å². The van der Waals surface area contributed by atoms with Gasteiger partial charge in [0.2, 0.25) is 0 Å². The van der Waals surface area contributed by atoms with Crippen LogP contribution in [0.1, 0.15) is 43.1 Å². The summed E-state index contributed by atoms with van der Waals surface area (Å²) in [5, 5.41) is 9.04. The van der Waals surface area contributed by atoms with E-state index < -0.39 is 11.9 Å². The fourth-order valence-corrected chi connectivity index (χ4v) is 3.10. The smallest absolute Gasteiger partial charge is 0.335 e. The molecule has 6 heteroatoms. The fraction of sp³-hybridized carbons (Fsp3) is 0.250. The summed E-state index contributed by atoms with van der Waals surface area (Å²) in [7, 11) is 1.99. The van der Waals surface area contributed by atoms with Crippen LogP contribution in [0.4, 0.5) is 0 Å². The number of rotatable bonds is 7. The molecule has 0 saturated carbocycles. The summed E-state index contributed by atoms with van der Waals surface area (Å²) in [4.78, 5) is 39.2. The van der Waals surface area contributed by atoms with Crippen LogP contribution in [-0.2, 0) is 6.54 Å². The van der Waals surface area contributed by atoms with Crippen LogP contribution in [0.25, 0.3) is 0 Å². The molecule has 0 aliphatic carbocycles. The van der Waals surface area contributed by atoms with Crippen molar-refractivity contribution < 1.29 is 19.5 Å². The topological polar surface area (TPSA) is 77.9 Å². The third-order valence-corrected chi connectivity index (χ3v) is 4.43. The van der Waals surface area contributed by atoms with E-state index in [0.717, 1.165) is 13.1 Å². The van der Waals surface area contributed by atoms with Gasteiger partial charge < -0.3 is 10.0 Å². The zero-order valence-electron chi connectivity index (χ0n) is 14.5. The van der Waals surface area contributed by atoms with Gasteiger partial charge in [-0.15, -0.1) is 0 Å². The van der Waals surface area contributed by atoms with E-state index in [9.17, 15) is 14.4 Å². The lowest BCUT2D eigenvalue weighted by atomic mass is 10.1. The molecule has 0 saturated heterocycles. The Morgan fingerprint density at radius 1 is 1.04 bits per heavy atom. The van der Waals surface area contributed by atoms with Gasteiger partial charge in [0, 0.05) is 13.1 Å². The first-order valence-corrected chi connectivity index (χ1v) is 8.43. The van der Waals surface area contributed by atoms with Crippen LogP contribution in [0.2, 0.25) is 0 Å². The standard InChI is InChI=1S/C20H20N2O4/c1-21(13-14-6-3-2-4-7-14)10-5-11-22-18(23)16-9-8-15(20(25)26)12-17(16)19(22)24/h2-4,6-9,12H,5,10-11,13H2,1H3,(H,25,26). The molecule has 1 aliphatic rings. The number of hydrogen-bond donors (Lipinski definition) is 1. The predicted octanol–water partition coefficient (Wildman–Crippen LogP) is 2.50. The number of amides is 2. The largest absolute Gasteiger partial charge is 0.478 e. The van der Waals surface area contributed by atoms with Crippen molar-refractivity contribution in [3.05, 3.63) is 70.8 Å². The highest BCUT2D eigenvalue weighted by molar-refractivity contribution is 6.21. The maximum Gasteiger partial charge on any atom is 0.335 e. The lowest BCUT2D eigenvalue weighted by Crippen LogP contribution is -2.32. The monoisotopic (exact) mass is 352 g/mol. The van der Waals surface area contributed by atoms with Crippen LogP contribution in [0.3, 0.4) is 0 Å². The maximum atomic E-state index is 12.4. The molecular formula is C20H20N2O4. The summed E-state index contributed by atoms with van der Waals surface area (Å²) >= 11 is 0. The number of aromatic carboxylic acids is 1. The minimum Gasteiger partial charge on any atom is -0.478 e. The summed E-state index contributed by atoms with van der Waals surface area (Å²) < 4.78 is 0. The van der Waals surface area contributed by atoms with Crippen molar-refractivity contribution in [3.8, 4) is 0 Å². The van der Waals surface area contributed by atoms with Crippen molar-refractivity contribution in [2.45, 2.75) is 13.0 Å². The van der Waals surface area contributed by atoms with Gasteiger partial charge in [0.15, 0.2) is 0 Å². The molecule has 0 fully saturated rings. The van der Waals surface area contributed by atoms with Gasteiger partial charge in [0.05, 0.1) is 16.7 Å². The number of nitrogens with zero attached hydrogens (tertiary/aromatic N) is 2. The van der Waals surface area contributed by atoms with Gasteiger partial charge in [-0.1, -0.05) is 30.3 Å². The Labute approximate surface area is 151 Å². The molecule has 6 nitrogen and oxygen atoms in total. The molecule has 2 amide bonds. The Morgan fingerprint density at radius 2 is 1.73 bits per heavy atom. The second-order valence-corrected chi connectivity index (χ2v) is 6.40. The van der Waals surface area contributed by atoms with Crippen LogP contribution in [0.5, 0.6) is 0 Å². The van der Waals surface area contributed by atoms with Crippen LogP contribution in [-0.4, -0.2) is 52.8 Å². The first-order valence-electron chi connectivity index (χ1n) is 8.43. The third kappa shape index (κ3) is 3.65. The average molecular weight is 352 g/mol. The van der Waals surface area contributed by atoms with Gasteiger partial charge in [0.1, 0.15) is 0 Å². The van der Waals surface area contributed by atoms with Gasteiger partial charge in [-0.3, -0.25) is 14.5 Å². The van der Waals surface area contributed by atoms with E-state index in [4.69, 9.17) is 5.11 Å². The second kappa shape index (κ2) is 7.49. The molecule has 0 aromatic heterocycles. The molecule has 1 heterocycles. The van der Waals surface area contributed by atoms with Crippen molar-refractivity contribution >= 4 is 17.8 Å². The van der Waals surface area contributed by atoms with Gasteiger partial charge in [-0.05, 0) is 43.8 Å². The minimum absolute atomic E-state index is 0.00865. The van der Waals surface area contributed by atoms with E-state index in [0.29, 0.717) is 13.0 Å². The maximum absolute atomic E-state index is 12.4. The van der Waals surface area contributed by atoms with Crippen LogP contribution < -0.4 is 0 Å². The molecule has 0 atom stereocenters. The van der Waals surface area contributed by atoms with Crippen molar-refractivity contribution in [1.82, 2.24) is 9.80 Å². The highest BCUT2D eigenvalue weighted by Gasteiger charge is 2.35. The van der Waals surface area contributed by atoms with Crippen LogP contribution in [0, 0.1) is 0 Å². The number of carbonyl (C=O) groups is 3. The number of carboxylic acid groups (broad SMARTS) is 1. The first kappa shape index (κ1) is 17.8. The van der Waals surface area contributed by atoms with Crippen molar-refractivity contribution in [3.63, 3.8) is 0 Å². The fourth-order valence-electron chi connectivity index (χ4n) is 3.10. The third-order valence-electron chi connectivity index (χ3n) is 4.43. The van der Waals surface area contributed by atoms with Crippen molar-refractivity contribution in [2.75, 3.05) is 20.1 Å². The number of benzene rings is 2. The van der Waals surface area contributed by atoms with E-state index in [-0.39, 0.29) is 22.6 Å². The Kier molecular flexibility index (Phi) is 5.14. The highest BCUT2D eigenvalue weighted by Crippen LogP contribution is 2.24. The van der Waals surface area contributed by atoms with Gasteiger partial charge >= 0.3 is 5.97 Å². The molecule has 1 aliphatic heterocycles. The number of fused-ring (bicyclic) bond motifs is 1. The normalized spacial score (nSPS) is 13.4. The lowest BCUT2D eigenvalue weighted by molar-refractivity contribution is 0.0646. The van der Waals surface area contributed by atoms with E-state index in [1.807, 2.05) is 25.2 Å².